The molecule has 0 bridgehead atoms. The fourth-order valence-electron chi connectivity index (χ4n) is 2.54. The van der Waals surface area contributed by atoms with Crippen molar-refractivity contribution >= 4 is 0 Å². The minimum Gasteiger partial charge on any atom is -0.395 e. The summed E-state index contributed by atoms with van der Waals surface area (Å²) in [6, 6.07) is 0.108. The van der Waals surface area contributed by atoms with Crippen LogP contribution in [0.1, 0.15) is 52.4 Å². The highest BCUT2D eigenvalue weighted by atomic mass is 16.5. The van der Waals surface area contributed by atoms with Crippen LogP contribution >= 0.6 is 0 Å². The number of nitrogens with one attached hydrogen (secondary N) is 1. The molecule has 17 heavy (non-hydrogen) atoms. The van der Waals surface area contributed by atoms with Gasteiger partial charge in [0.25, 0.3) is 0 Å². The molecule has 0 aromatic heterocycles. The van der Waals surface area contributed by atoms with Gasteiger partial charge < -0.3 is 15.2 Å². The van der Waals surface area contributed by atoms with E-state index < -0.39 is 0 Å². The van der Waals surface area contributed by atoms with Crippen molar-refractivity contribution in [2.75, 3.05) is 19.8 Å². The van der Waals surface area contributed by atoms with Crippen molar-refractivity contribution in [2.45, 2.75) is 64.5 Å². The summed E-state index contributed by atoms with van der Waals surface area (Å²) in [4.78, 5) is 0. The molecule has 0 radical (unpaired) electrons. The Labute approximate surface area is 106 Å². The number of hydrogen-bond acceptors (Lipinski definition) is 3. The van der Waals surface area contributed by atoms with E-state index in [2.05, 4.69) is 19.2 Å². The molecule has 0 heterocycles. The van der Waals surface area contributed by atoms with Gasteiger partial charge in [-0.25, -0.2) is 0 Å². The molecule has 1 rings (SSSR count). The van der Waals surface area contributed by atoms with E-state index in [4.69, 9.17) is 4.74 Å². The Hall–Kier alpha value is -0.120. The maximum absolute atomic E-state index is 9.24. The normalized spacial score (nSPS) is 27.0. The van der Waals surface area contributed by atoms with Crippen molar-refractivity contribution in [3.05, 3.63) is 0 Å². The molecule has 0 aromatic rings. The molecule has 1 fully saturated rings. The Bertz CT molecular complexity index is 187. The van der Waals surface area contributed by atoms with Crippen LogP contribution in [0.2, 0.25) is 0 Å². The van der Waals surface area contributed by atoms with Gasteiger partial charge in [-0.15, -0.1) is 0 Å². The van der Waals surface area contributed by atoms with Crippen LogP contribution < -0.4 is 5.32 Å². The van der Waals surface area contributed by atoms with Gasteiger partial charge in [0.1, 0.15) is 0 Å². The monoisotopic (exact) mass is 243 g/mol. The molecule has 0 amide bonds. The highest BCUT2D eigenvalue weighted by Crippen LogP contribution is 2.28. The van der Waals surface area contributed by atoms with Gasteiger partial charge in [0.15, 0.2) is 0 Å². The Morgan fingerprint density at radius 1 is 1.35 bits per heavy atom. The summed E-state index contributed by atoms with van der Waals surface area (Å²) >= 11 is 0. The number of aliphatic hydroxyl groups excluding tert-OH is 1. The zero-order chi connectivity index (χ0) is 12.5. The molecule has 0 aromatic carbocycles. The molecule has 1 aliphatic carbocycles. The van der Waals surface area contributed by atoms with E-state index in [0.29, 0.717) is 12.7 Å². The second-order valence-electron chi connectivity index (χ2n) is 5.23. The zero-order valence-electron chi connectivity index (χ0n) is 11.5. The average Bonchev–Trinajstić information content (AvgIpc) is 2.39. The van der Waals surface area contributed by atoms with Crippen molar-refractivity contribution in [1.82, 2.24) is 5.32 Å². The summed E-state index contributed by atoms with van der Waals surface area (Å²) < 4.78 is 5.94. The Morgan fingerprint density at radius 2 is 2.18 bits per heavy atom. The lowest BCUT2D eigenvalue weighted by Gasteiger charge is -2.29. The van der Waals surface area contributed by atoms with E-state index in [1.165, 1.54) is 32.1 Å². The lowest BCUT2D eigenvalue weighted by molar-refractivity contribution is -0.00552. The molecular weight excluding hydrogens is 214 g/mol. The number of ether oxygens (including phenoxy) is 1. The number of aliphatic hydroxyl groups is 1. The molecule has 3 nitrogen and oxygen atoms in total. The number of rotatable bonds is 8. The molecule has 102 valence electrons. The maximum Gasteiger partial charge on any atom is 0.0645 e. The summed E-state index contributed by atoms with van der Waals surface area (Å²) in [5.74, 6) is 0.852. The largest absolute Gasteiger partial charge is 0.395 e. The zero-order valence-corrected chi connectivity index (χ0v) is 11.5. The van der Waals surface area contributed by atoms with E-state index in [1.54, 1.807) is 0 Å². The third-order valence-corrected chi connectivity index (χ3v) is 3.75. The minimum absolute atomic E-state index is 0.108. The highest BCUT2D eigenvalue weighted by molar-refractivity contribution is 4.74. The molecule has 0 spiro atoms. The Balaban J connectivity index is 2.18. The number of hydrogen-bond donors (Lipinski definition) is 2. The average molecular weight is 243 g/mol. The van der Waals surface area contributed by atoms with E-state index in [9.17, 15) is 5.11 Å². The first-order chi connectivity index (χ1) is 8.30. The van der Waals surface area contributed by atoms with Gasteiger partial charge in [-0.2, -0.15) is 0 Å². The van der Waals surface area contributed by atoms with E-state index in [-0.39, 0.29) is 12.6 Å². The second-order valence-corrected chi connectivity index (χ2v) is 5.23. The summed E-state index contributed by atoms with van der Waals surface area (Å²) in [5.41, 5.74) is 0. The Morgan fingerprint density at radius 3 is 2.82 bits per heavy atom. The molecule has 3 unspecified atom stereocenters. The van der Waals surface area contributed by atoms with E-state index in [0.717, 1.165) is 18.9 Å². The van der Waals surface area contributed by atoms with Gasteiger partial charge in [-0.3, -0.25) is 0 Å². The fourth-order valence-corrected chi connectivity index (χ4v) is 2.54. The third-order valence-electron chi connectivity index (χ3n) is 3.75. The van der Waals surface area contributed by atoms with Crippen LogP contribution in [-0.4, -0.2) is 37.0 Å². The lowest BCUT2D eigenvalue weighted by Crippen LogP contribution is -2.39. The topological polar surface area (TPSA) is 41.5 Å². The van der Waals surface area contributed by atoms with Gasteiger partial charge in [0.05, 0.1) is 25.4 Å². The molecular formula is C14H29NO2. The SMILES string of the molecule is CCCNC(CO)COC1CCCC(CC)C1. The van der Waals surface area contributed by atoms with Crippen molar-refractivity contribution in [3.63, 3.8) is 0 Å². The summed E-state index contributed by atoms with van der Waals surface area (Å²) in [5, 5.41) is 12.5. The molecule has 1 saturated carbocycles. The van der Waals surface area contributed by atoms with Crippen LogP contribution in [0, 0.1) is 5.92 Å². The molecule has 2 N–H and O–H groups in total. The van der Waals surface area contributed by atoms with Crippen LogP contribution in [-0.2, 0) is 4.74 Å². The fraction of sp³-hybridized carbons (Fsp3) is 1.00. The van der Waals surface area contributed by atoms with Gasteiger partial charge >= 0.3 is 0 Å². The summed E-state index contributed by atoms with van der Waals surface area (Å²) in [7, 11) is 0. The van der Waals surface area contributed by atoms with Crippen molar-refractivity contribution in [1.29, 1.82) is 0 Å². The van der Waals surface area contributed by atoms with Crippen LogP contribution in [0.25, 0.3) is 0 Å². The van der Waals surface area contributed by atoms with E-state index >= 15 is 0 Å². The van der Waals surface area contributed by atoms with E-state index in [1.807, 2.05) is 0 Å². The Kier molecular flexibility index (Phi) is 7.82. The van der Waals surface area contributed by atoms with Crippen LogP contribution in [0.15, 0.2) is 0 Å². The molecule has 0 aliphatic heterocycles. The minimum atomic E-state index is 0.108. The van der Waals surface area contributed by atoms with Gasteiger partial charge in [0, 0.05) is 0 Å². The highest BCUT2D eigenvalue weighted by Gasteiger charge is 2.22. The lowest BCUT2D eigenvalue weighted by atomic mass is 9.85. The summed E-state index contributed by atoms with van der Waals surface area (Å²) in [6.45, 7) is 6.18. The smallest absolute Gasteiger partial charge is 0.0645 e. The molecule has 3 heteroatoms. The predicted molar refractivity (Wildman–Crippen MR) is 71.2 cm³/mol. The van der Waals surface area contributed by atoms with Gasteiger partial charge in [0.2, 0.25) is 0 Å². The quantitative estimate of drug-likeness (QED) is 0.687. The standard InChI is InChI=1S/C14H29NO2/c1-3-8-15-13(10-16)11-17-14-7-5-6-12(4-2)9-14/h12-16H,3-11H2,1-2H3. The van der Waals surface area contributed by atoms with Gasteiger partial charge in [-0.05, 0) is 31.7 Å². The second kappa shape index (κ2) is 8.90. The van der Waals surface area contributed by atoms with Crippen molar-refractivity contribution < 1.29 is 9.84 Å². The third kappa shape index (κ3) is 5.84. The molecule has 3 atom stereocenters. The first-order valence-electron chi connectivity index (χ1n) is 7.25. The summed E-state index contributed by atoms with van der Waals surface area (Å²) in [6.07, 6.45) is 7.87. The maximum atomic E-state index is 9.24. The molecule has 0 saturated heterocycles. The predicted octanol–water partition coefficient (Wildman–Crippen LogP) is 2.33. The van der Waals surface area contributed by atoms with Crippen molar-refractivity contribution in [3.8, 4) is 0 Å². The van der Waals surface area contributed by atoms with Crippen LogP contribution in [0.4, 0.5) is 0 Å². The van der Waals surface area contributed by atoms with Crippen LogP contribution in [0.3, 0.4) is 0 Å². The molecule has 1 aliphatic rings. The first-order valence-corrected chi connectivity index (χ1v) is 7.25. The first kappa shape index (κ1) is 14.9. The van der Waals surface area contributed by atoms with Crippen LogP contribution in [0.5, 0.6) is 0 Å². The van der Waals surface area contributed by atoms with Crippen molar-refractivity contribution in [2.24, 2.45) is 5.92 Å². The van der Waals surface area contributed by atoms with Gasteiger partial charge in [-0.1, -0.05) is 33.1 Å².